The van der Waals surface area contributed by atoms with Gasteiger partial charge in [0, 0.05) is 11.0 Å². The first kappa shape index (κ1) is 15.0. The molecule has 0 unspecified atom stereocenters. The summed E-state index contributed by atoms with van der Waals surface area (Å²) in [5.41, 5.74) is 0.198. The van der Waals surface area contributed by atoms with E-state index in [4.69, 9.17) is 10.4 Å². The first-order chi connectivity index (χ1) is 9.36. The molecular weight excluding hydrogens is 348 g/mol. The molecule has 6 nitrogen and oxygen atoms in total. The van der Waals surface area contributed by atoms with Crippen molar-refractivity contribution in [2.45, 2.75) is 23.8 Å². The van der Waals surface area contributed by atoms with E-state index in [1.807, 2.05) is 6.07 Å². The standard InChI is InChI=1S/C12H11BrN2O4S/c13-9-4-8(7-14)5-10(6-9)20(18,19)15-3-1-2-11(15)12(16)17/h4-6,11H,1-3H2,(H,16,17)/t11-/m1/s1. The predicted molar refractivity (Wildman–Crippen MR) is 73.4 cm³/mol. The second-order valence-corrected chi connectivity index (χ2v) is 7.21. The van der Waals surface area contributed by atoms with Crippen LogP contribution in [0.15, 0.2) is 27.6 Å². The van der Waals surface area contributed by atoms with Gasteiger partial charge in [-0.1, -0.05) is 15.9 Å². The average molecular weight is 359 g/mol. The summed E-state index contributed by atoms with van der Waals surface area (Å²) in [6, 6.07) is 4.95. The van der Waals surface area contributed by atoms with Crippen molar-refractivity contribution in [1.82, 2.24) is 4.31 Å². The Morgan fingerprint density at radius 3 is 2.75 bits per heavy atom. The lowest BCUT2D eigenvalue weighted by Gasteiger charge is -2.21. The van der Waals surface area contributed by atoms with Gasteiger partial charge in [0.25, 0.3) is 0 Å². The summed E-state index contributed by atoms with van der Waals surface area (Å²) < 4.78 is 26.4. The maximum Gasteiger partial charge on any atom is 0.322 e. The Morgan fingerprint density at radius 2 is 2.15 bits per heavy atom. The Kier molecular flexibility index (Phi) is 4.13. The zero-order chi connectivity index (χ0) is 14.9. The van der Waals surface area contributed by atoms with Gasteiger partial charge in [0.1, 0.15) is 6.04 Å². The number of aliphatic carboxylic acids is 1. The normalized spacial score (nSPS) is 19.7. The molecule has 0 spiro atoms. The van der Waals surface area contributed by atoms with Gasteiger partial charge in [0.05, 0.1) is 16.5 Å². The van der Waals surface area contributed by atoms with Crippen LogP contribution in [0.1, 0.15) is 18.4 Å². The van der Waals surface area contributed by atoms with E-state index in [1.54, 1.807) is 0 Å². The van der Waals surface area contributed by atoms with E-state index < -0.39 is 22.0 Å². The first-order valence-electron chi connectivity index (χ1n) is 5.81. The molecule has 0 aliphatic carbocycles. The van der Waals surface area contributed by atoms with Crippen molar-refractivity contribution in [3.63, 3.8) is 0 Å². The summed E-state index contributed by atoms with van der Waals surface area (Å²) in [6.07, 6.45) is 0.809. The molecule has 0 amide bonds. The molecule has 106 valence electrons. The lowest BCUT2D eigenvalue weighted by Crippen LogP contribution is -2.40. The molecule has 0 radical (unpaired) electrons. The number of rotatable bonds is 3. The maximum atomic E-state index is 12.5. The van der Waals surface area contributed by atoms with Gasteiger partial charge in [-0.2, -0.15) is 9.57 Å². The van der Waals surface area contributed by atoms with E-state index in [-0.39, 0.29) is 17.0 Å². The molecular formula is C12H11BrN2O4S. The summed E-state index contributed by atoms with van der Waals surface area (Å²) in [7, 11) is -3.92. The number of carboxylic acids is 1. The molecule has 1 heterocycles. The Balaban J connectivity index is 2.48. The minimum Gasteiger partial charge on any atom is -0.480 e. The van der Waals surface area contributed by atoms with Crippen molar-refractivity contribution in [3.8, 4) is 6.07 Å². The van der Waals surface area contributed by atoms with Gasteiger partial charge >= 0.3 is 5.97 Å². The van der Waals surface area contributed by atoms with Crippen molar-refractivity contribution in [3.05, 3.63) is 28.2 Å². The molecule has 0 bridgehead atoms. The highest BCUT2D eigenvalue weighted by molar-refractivity contribution is 9.10. The van der Waals surface area contributed by atoms with E-state index in [9.17, 15) is 13.2 Å². The van der Waals surface area contributed by atoms with Crippen LogP contribution in [0.2, 0.25) is 0 Å². The smallest absolute Gasteiger partial charge is 0.322 e. The number of hydrogen-bond acceptors (Lipinski definition) is 4. The monoisotopic (exact) mass is 358 g/mol. The van der Waals surface area contributed by atoms with Gasteiger partial charge in [0.15, 0.2) is 0 Å². The lowest BCUT2D eigenvalue weighted by atomic mass is 10.2. The quantitative estimate of drug-likeness (QED) is 0.883. The molecule has 1 N–H and O–H groups in total. The van der Waals surface area contributed by atoms with Gasteiger partial charge in [-0.3, -0.25) is 4.79 Å². The van der Waals surface area contributed by atoms with Crippen molar-refractivity contribution in [2.24, 2.45) is 0 Å². The number of hydrogen-bond donors (Lipinski definition) is 1. The number of carboxylic acid groups (broad SMARTS) is 1. The van der Waals surface area contributed by atoms with Crippen LogP contribution in [0.5, 0.6) is 0 Å². The first-order valence-corrected chi connectivity index (χ1v) is 8.05. The Hall–Kier alpha value is -1.43. The van der Waals surface area contributed by atoms with Gasteiger partial charge in [-0.15, -0.1) is 0 Å². The summed E-state index contributed by atoms with van der Waals surface area (Å²) in [5, 5.41) is 18.0. The number of halogens is 1. The van der Waals surface area contributed by atoms with Crippen molar-refractivity contribution >= 4 is 31.9 Å². The molecule has 1 fully saturated rings. The van der Waals surface area contributed by atoms with E-state index in [0.717, 1.165) is 4.31 Å². The van der Waals surface area contributed by atoms with E-state index in [2.05, 4.69) is 15.9 Å². The second-order valence-electron chi connectivity index (χ2n) is 4.40. The number of nitriles is 1. The second kappa shape index (κ2) is 5.52. The summed E-state index contributed by atoms with van der Waals surface area (Å²) >= 11 is 3.15. The van der Waals surface area contributed by atoms with Crippen LogP contribution in [0.4, 0.5) is 0 Å². The van der Waals surface area contributed by atoms with Crippen LogP contribution in [0.3, 0.4) is 0 Å². The zero-order valence-corrected chi connectivity index (χ0v) is 12.7. The average Bonchev–Trinajstić information content (AvgIpc) is 2.88. The Labute approximate surface area is 124 Å². The van der Waals surface area contributed by atoms with Crippen molar-refractivity contribution in [1.29, 1.82) is 5.26 Å². The largest absolute Gasteiger partial charge is 0.480 e. The van der Waals surface area contributed by atoms with E-state index in [1.165, 1.54) is 18.2 Å². The minimum absolute atomic E-state index is 0.0726. The number of sulfonamides is 1. The fraction of sp³-hybridized carbons (Fsp3) is 0.333. The fourth-order valence-electron chi connectivity index (χ4n) is 2.19. The van der Waals surface area contributed by atoms with Crippen LogP contribution < -0.4 is 0 Å². The summed E-state index contributed by atoms with van der Waals surface area (Å²) in [4.78, 5) is 11.0. The van der Waals surface area contributed by atoms with Gasteiger partial charge in [-0.25, -0.2) is 8.42 Å². The van der Waals surface area contributed by atoms with Crippen LogP contribution in [0, 0.1) is 11.3 Å². The molecule has 1 atom stereocenters. The third-order valence-corrected chi connectivity index (χ3v) is 5.44. The van der Waals surface area contributed by atoms with Crippen molar-refractivity contribution < 1.29 is 18.3 Å². The Bertz CT molecular complexity index is 696. The lowest BCUT2D eigenvalue weighted by molar-refractivity contribution is -0.140. The maximum absolute atomic E-state index is 12.5. The van der Waals surface area contributed by atoms with Gasteiger partial charge < -0.3 is 5.11 Å². The van der Waals surface area contributed by atoms with Gasteiger partial charge in [0.2, 0.25) is 10.0 Å². The van der Waals surface area contributed by atoms with Gasteiger partial charge in [-0.05, 0) is 31.0 Å². The SMILES string of the molecule is N#Cc1cc(Br)cc(S(=O)(=O)N2CCC[C@@H]2C(=O)O)c1. The highest BCUT2D eigenvalue weighted by Crippen LogP contribution is 2.28. The zero-order valence-electron chi connectivity index (χ0n) is 10.3. The molecule has 1 saturated heterocycles. The Morgan fingerprint density at radius 1 is 1.45 bits per heavy atom. The summed E-state index contributed by atoms with van der Waals surface area (Å²) in [5.74, 6) is -1.15. The number of carbonyl (C=O) groups is 1. The van der Waals surface area contributed by atoms with Crippen LogP contribution in [-0.2, 0) is 14.8 Å². The summed E-state index contributed by atoms with van der Waals surface area (Å²) in [6.45, 7) is 0.174. The van der Waals surface area contributed by atoms with E-state index in [0.29, 0.717) is 17.3 Å². The highest BCUT2D eigenvalue weighted by Gasteiger charge is 2.39. The van der Waals surface area contributed by atoms with Crippen molar-refractivity contribution in [2.75, 3.05) is 6.54 Å². The third-order valence-electron chi connectivity index (χ3n) is 3.10. The molecule has 1 aliphatic heterocycles. The van der Waals surface area contributed by atoms with Crippen LogP contribution in [0.25, 0.3) is 0 Å². The molecule has 20 heavy (non-hydrogen) atoms. The van der Waals surface area contributed by atoms with Crippen LogP contribution >= 0.6 is 15.9 Å². The highest BCUT2D eigenvalue weighted by atomic mass is 79.9. The molecule has 8 heteroatoms. The molecule has 1 aliphatic rings. The van der Waals surface area contributed by atoms with E-state index >= 15 is 0 Å². The molecule has 1 aromatic rings. The fourth-order valence-corrected chi connectivity index (χ4v) is 4.55. The minimum atomic E-state index is -3.92. The molecule has 0 saturated carbocycles. The third kappa shape index (κ3) is 2.70. The number of benzene rings is 1. The molecule has 2 rings (SSSR count). The number of nitrogens with zero attached hydrogens (tertiary/aromatic N) is 2. The molecule has 1 aromatic carbocycles. The topological polar surface area (TPSA) is 98.5 Å². The molecule has 0 aromatic heterocycles. The predicted octanol–water partition coefficient (Wildman–Crippen LogP) is 1.56. The van der Waals surface area contributed by atoms with Crippen LogP contribution in [-0.4, -0.2) is 36.4 Å².